The zero-order chi connectivity index (χ0) is 19.7. The zero-order valence-electron chi connectivity index (χ0n) is 14.7. The highest BCUT2D eigenvalue weighted by molar-refractivity contribution is 7.89. The number of hydrogen-bond acceptors (Lipinski definition) is 5. The maximum absolute atomic E-state index is 13.3. The second kappa shape index (κ2) is 7.55. The van der Waals surface area contributed by atoms with E-state index in [0.717, 1.165) is 0 Å². The van der Waals surface area contributed by atoms with Crippen molar-refractivity contribution in [1.29, 1.82) is 0 Å². The van der Waals surface area contributed by atoms with Gasteiger partial charge in [-0.2, -0.15) is 9.40 Å². The number of halogens is 1. The van der Waals surface area contributed by atoms with Crippen molar-refractivity contribution in [2.75, 3.05) is 26.3 Å². The SMILES string of the molecule is O=S(=O)(c1cccc(-c2n[nH]c(=S)n2-c2ccc(F)cc2)c1)N1CCOCC1. The van der Waals surface area contributed by atoms with Crippen molar-refractivity contribution in [1.82, 2.24) is 19.1 Å². The van der Waals surface area contributed by atoms with Crippen LogP contribution in [0.1, 0.15) is 0 Å². The fourth-order valence-electron chi connectivity index (χ4n) is 3.05. The van der Waals surface area contributed by atoms with Crippen LogP contribution in [0, 0.1) is 10.6 Å². The molecular formula is C18H17FN4O3S2. The molecule has 3 aromatic rings. The predicted molar refractivity (Wildman–Crippen MR) is 104 cm³/mol. The molecule has 0 spiro atoms. The lowest BCUT2D eigenvalue weighted by Crippen LogP contribution is -2.40. The van der Waals surface area contributed by atoms with E-state index in [-0.39, 0.29) is 10.7 Å². The van der Waals surface area contributed by atoms with Gasteiger partial charge in [0.2, 0.25) is 10.0 Å². The van der Waals surface area contributed by atoms with Crippen molar-refractivity contribution in [2.24, 2.45) is 0 Å². The standard InChI is InChI=1S/C18H17FN4O3S2/c19-14-4-6-15(7-5-14)23-17(20-21-18(23)27)13-2-1-3-16(12-13)28(24,25)22-8-10-26-11-9-22/h1-7,12H,8-11H2,(H,21,27). The molecule has 0 unspecified atom stereocenters. The minimum Gasteiger partial charge on any atom is -0.379 e. The van der Waals surface area contributed by atoms with Crippen molar-refractivity contribution >= 4 is 22.2 Å². The largest absolute Gasteiger partial charge is 0.379 e. The minimum atomic E-state index is -3.64. The second-order valence-corrected chi connectivity index (χ2v) is 8.53. The maximum Gasteiger partial charge on any atom is 0.243 e. The summed E-state index contributed by atoms with van der Waals surface area (Å²) in [7, 11) is -3.64. The van der Waals surface area contributed by atoms with Gasteiger partial charge in [0, 0.05) is 18.7 Å². The average Bonchev–Trinajstić information content (AvgIpc) is 3.11. The first-order valence-electron chi connectivity index (χ1n) is 8.58. The van der Waals surface area contributed by atoms with E-state index in [1.165, 1.54) is 16.4 Å². The third-order valence-electron chi connectivity index (χ3n) is 4.46. The van der Waals surface area contributed by atoms with Gasteiger partial charge in [-0.3, -0.25) is 9.67 Å². The zero-order valence-corrected chi connectivity index (χ0v) is 16.3. The van der Waals surface area contributed by atoms with Crippen LogP contribution in [0.3, 0.4) is 0 Å². The number of aromatic amines is 1. The summed E-state index contributed by atoms with van der Waals surface area (Å²) in [4.78, 5) is 0.173. The number of nitrogens with one attached hydrogen (secondary N) is 1. The van der Waals surface area contributed by atoms with E-state index in [1.807, 2.05) is 0 Å². The number of nitrogens with zero attached hydrogens (tertiary/aromatic N) is 3. The van der Waals surface area contributed by atoms with Crippen LogP contribution in [-0.2, 0) is 14.8 Å². The Bertz CT molecular complexity index is 1150. The third-order valence-corrected chi connectivity index (χ3v) is 6.63. The molecule has 1 aliphatic rings. The van der Waals surface area contributed by atoms with Gasteiger partial charge in [0.1, 0.15) is 5.82 Å². The van der Waals surface area contributed by atoms with Crippen molar-refractivity contribution in [2.45, 2.75) is 4.90 Å². The van der Waals surface area contributed by atoms with Crippen LogP contribution in [0.15, 0.2) is 53.4 Å². The molecular weight excluding hydrogens is 403 g/mol. The molecule has 7 nitrogen and oxygen atoms in total. The highest BCUT2D eigenvalue weighted by Gasteiger charge is 2.27. The summed E-state index contributed by atoms with van der Waals surface area (Å²) in [5, 5.41) is 6.96. The lowest BCUT2D eigenvalue weighted by Gasteiger charge is -2.26. The molecule has 0 amide bonds. The summed E-state index contributed by atoms with van der Waals surface area (Å²) in [5.74, 6) is 0.0783. The van der Waals surface area contributed by atoms with Gasteiger partial charge >= 0.3 is 0 Å². The maximum atomic E-state index is 13.3. The molecule has 146 valence electrons. The Labute approximate surface area is 166 Å². The Balaban J connectivity index is 1.77. The first kappa shape index (κ1) is 18.9. The molecule has 2 heterocycles. The van der Waals surface area contributed by atoms with E-state index in [0.29, 0.717) is 48.1 Å². The van der Waals surface area contributed by atoms with Crippen LogP contribution in [0.2, 0.25) is 0 Å². The molecule has 0 saturated carbocycles. The van der Waals surface area contributed by atoms with E-state index in [9.17, 15) is 12.8 Å². The number of rotatable bonds is 4. The molecule has 0 atom stereocenters. The van der Waals surface area contributed by atoms with E-state index >= 15 is 0 Å². The average molecular weight is 420 g/mol. The molecule has 0 radical (unpaired) electrons. The topological polar surface area (TPSA) is 80.2 Å². The molecule has 1 aromatic heterocycles. The smallest absolute Gasteiger partial charge is 0.243 e. The number of morpholine rings is 1. The second-order valence-electron chi connectivity index (χ2n) is 6.21. The van der Waals surface area contributed by atoms with Crippen molar-refractivity contribution in [3.8, 4) is 17.1 Å². The third kappa shape index (κ3) is 3.51. The fourth-order valence-corrected chi connectivity index (χ4v) is 4.74. The number of benzene rings is 2. The first-order chi connectivity index (χ1) is 13.5. The van der Waals surface area contributed by atoms with Crippen LogP contribution >= 0.6 is 12.2 Å². The Kier molecular flexibility index (Phi) is 5.11. The number of hydrogen-bond donors (Lipinski definition) is 1. The van der Waals surface area contributed by atoms with E-state index in [1.54, 1.807) is 41.0 Å². The van der Waals surface area contributed by atoms with Crippen molar-refractivity contribution < 1.29 is 17.5 Å². The van der Waals surface area contributed by atoms with Gasteiger partial charge in [-0.1, -0.05) is 12.1 Å². The molecule has 28 heavy (non-hydrogen) atoms. The van der Waals surface area contributed by atoms with Crippen LogP contribution < -0.4 is 0 Å². The summed E-state index contributed by atoms with van der Waals surface area (Å²) in [5.41, 5.74) is 1.20. The van der Waals surface area contributed by atoms with Gasteiger partial charge < -0.3 is 4.74 Å². The number of ether oxygens (including phenoxy) is 1. The van der Waals surface area contributed by atoms with Gasteiger partial charge in [0.05, 0.1) is 23.8 Å². The summed E-state index contributed by atoms with van der Waals surface area (Å²) >= 11 is 5.31. The van der Waals surface area contributed by atoms with E-state index in [2.05, 4.69) is 10.2 Å². The molecule has 2 aromatic carbocycles. The van der Waals surface area contributed by atoms with Gasteiger partial charge in [0.25, 0.3) is 0 Å². The quantitative estimate of drug-likeness (QED) is 0.657. The molecule has 1 saturated heterocycles. The molecule has 4 rings (SSSR count). The molecule has 0 bridgehead atoms. The van der Waals surface area contributed by atoms with Crippen LogP contribution in [0.4, 0.5) is 4.39 Å². The Hall–Kier alpha value is -2.40. The number of sulfonamides is 1. The normalized spacial score (nSPS) is 15.6. The summed E-state index contributed by atoms with van der Waals surface area (Å²) < 4.78 is 47.8. The summed E-state index contributed by atoms with van der Waals surface area (Å²) in [6.45, 7) is 1.39. The summed E-state index contributed by atoms with van der Waals surface area (Å²) in [6.07, 6.45) is 0. The van der Waals surface area contributed by atoms with Gasteiger partial charge in [-0.25, -0.2) is 12.8 Å². The highest BCUT2D eigenvalue weighted by Crippen LogP contribution is 2.26. The molecule has 10 heteroatoms. The van der Waals surface area contributed by atoms with Crippen LogP contribution in [0.5, 0.6) is 0 Å². The Morgan fingerprint density at radius 3 is 2.54 bits per heavy atom. The first-order valence-corrected chi connectivity index (χ1v) is 10.4. The van der Waals surface area contributed by atoms with E-state index < -0.39 is 10.0 Å². The van der Waals surface area contributed by atoms with Crippen molar-refractivity contribution in [3.05, 3.63) is 59.1 Å². The number of aromatic nitrogens is 3. The highest BCUT2D eigenvalue weighted by atomic mass is 32.2. The van der Waals surface area contributed by atoms with Gasteiger partial charge in [-0.15, -0.1) is 0 Å². The molecule has 1 aliphatic heterocycles. The molecule has 1 N–H and O–H groups in total. The lowest BCUT2D eigenvalue weighted by molar-refractivity contribution is 0.0730. The van der Waals surface area contributed by atoms with Gasteiger partial charge in [-0.05, 0) is 48.6 Å². The lowest BCUT2D eigenvalue weighted by atomic mass is 10.2. The van der Waals surface area contributed by atoms with E-state index in [4.69, 9.17) is 17.0 Å². The summed E-state index contributed by atoms with van der Waals surface area (Å²) in [6, 6.07) is 12.4. The van der Waals surface area contributed by atoms with Crippen LogP contribution in [-0.4, -0.2) is 53.8 Å². The monoisotopic (exact) mass is 420 g/mol. The Morgan fingerprint density at radius 1 is 1.11 bits per heavy atom. The predicted octanol–water partition coefficient (Wildman–Crippen LogP) is 2.76. The number of H-pyrrole nitrogens is 1. The van der Waals surface area contributed by atoms with Crippen LogP contribution in [0.25, 0.3) is 17.1 Å². The Morgan fingerprint density at radius 2 is 1.82 bits per heavy atom. The molecule has 0 aliphatic carbocycles. The minimum absolute atomic E-state index is 0.173. The fraction of sp³-hybridized carbons (Fsp3) is 0.222. The van der Waals surface area contributed by atoms with Gasteiger partial charge in [0.15, 0.2) is 10.6 Å². The molecule has 1 fully saturated rings. The van der Waals surface area contributed by atoms with Crippen molar-refractivity contribution in [3.63, 3.8) is 0 Å².